The van der Waals surface area contributed by atoms with Crippen molar-refractivity contribution in [1.29, 1.82) is 0 Å². The molecule has 2 aromatic heterocycles. The molecule has 0 saturated heterocycles. The number of H-pyrrole nitrogens is 1. The third-order valence-electron chi connectivity index (χ3n) is 2.51. The summed E-state index contributed by atoms with van der Waals surface area (Å²) >= 11 is 0. The maximum atomic E-state index is 9.46. The van der Waals surface area contributed by atoms with E-state index in [2.05, 4.69) is 25.6 Å². The quantitative estimate of drug-likeness (QED) is 0.707. The van der Waals surface area contributed by atoms with Gasteiger partial charge in [0.15, 0.2) is 5.69 Å². The molecule has 0 bridgehead atoms. The lowest BCUT2D eigenvalue weighted by atomic mass is 10.1. The third kappa shape index (κ3) is 1.71. The molecule has 7 nitrogen and oxygen atoms in total. The van der Waals surface area contributed by atoms with E-state index in [1.54, 1.807) is 25.1 Å². The highest BCUT2D eigenvalue weighted by atomic mass is 16.5. The Balaban J connectivity index is 2.00. The minimum Gasteiger partial charge on any atom is -0.508 e. The molecule has 3 rings (SSSR count). The van der Waals surface area contributed by atoms with Crippen LogP contribution in [0.4, 0.5) is 0 Å². The van der Waals surface area contributed by atoms with Crippen LogP contribution in [0.2, 0.25) is 0 Å². The first kappa shape index (κ1) is 10.5. The molecule has 0 saturated carbocycles. The predicted molar refractivity (Wildman–Crippen MR) is 61.5 cm³/mol. The number of aryl methyl sites for hydroxylation is 1. The standard InChI is InChI=1S/C11H9N5O2/c1-6-4-7(2-3-9(6)17)11-13-10(15-18-11)8-5-12-16-14-8/h2-5,17H,1H3,(H,12,14,16). The Kier molecular flexibility index (Phi) is 2.30. The topological polar surface area (TPSA) is 101 Å². The van der Waals surface area contributed by atoms with Gasteiger partial charge in [-0.25, -0.2) is 0 Å². The van der Waals surface area contributed by atoms with Crippen molar-refractivity contribution < 1.29 is 9.63 Å². The van der Waals surface area contributed by atoms with Gasteiger partial charge in [0.1, 0.15) is 5.75 Å². The molecular formula is C11H9N5O2. The lowest BCUT2D eigenvalue weighted by Crippen LogP contribution is -1.82. The van der Waals surface area contributed by atoms with Gasteiger partial charge in [-0.1, -0.05) is 5.16 Å². The number of nitrogens with zero attached hydrogens (tertiary/aromatic N) is 4. The summed E-state index contributed by atoms with van der Waals surface area (Å²) < 4.78 is 5.14. The van der Waals surface area contributed by atoms with Gasteiger partial charge in [0.05, 0.1) is 6.20 Å². The van der Waals surface area contributed by atoms with E-state index in [-0.39, 0.29) is 5.75 Å². The number of nitrogens with one attached hydrogen (secondary N) is 1. The van der Waals surface area contributed by atoms with E-state index in [0.29, 0.717) is 17.4 Å². The fraction of sp³-hybridized carbons (Fsp3) is 0.0909. The second kappa shape index (κ2) is 3.95. The van der Waals surface area contributed by atoms with Gasteiger partial charge in [-0.15, -0.1) is 0 Å². The molecule has 0 atom stereocenters. The van der Waals surface area contributed by atoms with Crippen LogP contribution in [0.25, 0.3) is 23.0 Å². The van der Waals surface area contributed by atoms with E-state index in [4.69, 9.17) is 4.52 Å². The highest BCUT2D eigenvalue weighted by molar-refractivity contribution is 5.59. The van der Waals surface area contributed by atoms with Crippen molar-refractivity contribution in [3.63, 3.8) is 0 Å². The second-order valence-corrected chi connectivity index (χ2v) is 3.78. The lowest BCUT2D eigenvalue weighted by molar-refractivity contribution is 0.432. The van der Waals surface area contributed by atoms with Crippen LogP contribution >= 0.6 is 0 Å². The summed E-state index contributed by atoms with van der Waals surface area (Å²) in [5.74, 6) is 0.968. The molecule has 7 heteroatoms. The molecule has 2 heterocycles. The molecule has 18 heavy (non-hydrogen) atoms. The molecule has 0 fully saturated rings. The molecule has 0 aliphatic rings. The highest BCUT2D eigenvalue weighted by Gasteiger charge is 2.13. The molecule has 0 aliphatic carbocycles. The lowest BCUT2D eigenvalue weighted by Gasteiger charge is -1.99. The van der Waals surface area contributed by atoms with E-state index >= 15 is 0 Å². The number of phenolic OH excluding ortho intramolecular Hbond substituents is 1. The van der Waals surface area contributed by atoms with E-state index in [1.165, 1.54) is 6.20 Å². The summed E-state index contributed by atoms with van der Waals surface area (Å²) in [6, 6.07) is 5.07. The number of benzene rings is 1. The largest absolute Gasteiger partial charge is 0.508 e. The van der Waals surface area contributed by atoms with Crippen molar-refractivity contribution in [2.24, 2.45) is 0 Å². The van der Waals surface area contributed by atoms with Crippen molar-refractivity contribution in [1.82, 2.24) is 25.6 Å². The van der Waals surface area contributed by atoms with Gasteiger partial charge in [-0.05, 0) is 30.7 Å². The monoisotopic (exact) mass is 243 g/mol. The molecule has 3 aromatic rings. The zero-order valence-corrected chi connectivity index (χ0v) is 9.45. The second-order valence-electron chi connectivity index (χ2n) is 3.78. The molecule has 0 unspecified atom stereocenters. The van der Waals surface area contributed by atoms with Crippen LogP contribution in [0.3, 0.4) is 0 Å². The van der Waals surface area contributed by atoms with Gasteiger partial charge in [0.2, 0.25) is 5.82 Å². The Morgan fingerprint density at radius 1 is 1.33 bits per heavy atom. The summed E-state index contributed by atoms with van der Waals surface area (Å²) in [7, 11) is 0. The maximum Gasteiger partial charge on any atom is 0.258 e. The van der Waals surface area contributed by atoms with Crippen LogP contribution in [-0.4, -0.2) is 30.7 Å². The molecule has 90 valence electrons. The zero-order valence-electron chi connectivity index (χ0n) is 9.45. The van der Waals surface area contributed by atoms with Crippen LogP contribution in [-0.2, 0) is 0 Å². The van der Waals surface area contributed by atoms with Crippen LogP contribution < -0.4 is 0 Å². The fourth-order valence-corrected chi connectivity index (χ4v) is 1.54. The molecule has 0 spiro atoms. The predicted octanol–water partition coefficient (Wildman–Crippen LogP) is 1.54. The Bertz CT molecular complexity index is 675. The average Bonchev–Trinajstić information content (AvgIpc) is 3.01. The van der Waals surface area contributed by atoms with Crippen LogP contribution in [0.1, 0.15) is 5.56 Å². The van der Waals surface area contributed by atoms with Crippen LogP contribution in [0.5, 0.6) is 5.75 Å². The van der Waals surface area contributed by atoms with Crippen molar-refractivity contribution in [3.8, 4) is 28.7 Å². The number of hydrogen-bond acceptors (Lipinski definition) is 6. The SMILES string of the molecule is Cc1cc(-c2nc(-c3cn[nH]n3)no2)ccc1O. The normalized spacial score (nSPS) is 10.7. The Labute approximate surface area is 101 Å². The van der Waals surface area contributed by atoms with Gasteiger partial charge in [-0.2, -0.15) is 20.4 Å². The minimum absolute atomic E-state index is 0.231. The average molecular weight is 243 g/mol. The summed E-state index contributed by atoms with van der Waals surface area (Å²) in [5.41, 5.74) is 2.00. The van der Waals surface area contributed by atoms with E-state index in [9.17, 15) is 5.11 Å². The van der Waals surface area contributed by atoms with Crippen molar-refractivity contribution >= 4 is 0 Å². The maximum absolute atomic E-state index is 9.46. The highest BCUT2D eigenvalue weighted by Crippen LogP contribution is 2.25. The smallest absolute Gasteiger partial charge is 0.258 e. The Morgan fingerprint density at radius 2 is 2.22 bits per heavy atom. The first-order valence-corrected chi connectivity index (χ1v) is 5.24. The van der Waals surface area contributed by atoms with E-state index in [1.807, 2.05) is 0 Å². The van der Waals surface area contributed by atoms with E-state index < -0.39 is 0 Å². The number of aromatic amines is 1. The molecule has 0 amide bonds. The van der Waals surface area contributed by atoms with Gasteiger partial charge in [0, 0.05) is 5.56 Å². The zero-order chi connectivity index (χ0) is 12.5. The number of rotatable bonds is 2. The molecule has 0 radical (unpaired) electrons. The summed E-state index contributed by atoms with van der Waals surface area (Å²) in [6.45, 7) is 1.80. The van der Waals surface area contributed by atoms with Crippen molar-refractivity contribution in [2.75, 3.05) is 0 Å². The molecule has 1 aromatic carbocycles. The van der Waals surface area contributed by atoms with Crippen LogP contribution in [0, 0.1) is 6.92 Å². The van der Waals surface area contributed by atoms with Gasteiger partial charge < -0.3 is 9.63 Å². The number of aromatic nitrogens is 5. The fourth-order valence-electron chi connectivity index (χ4n) is 1.54. The molecule has 2 N–H and O–H groups in total. The summed E-state index contributed by atoms with van der Waals surface area (Å²) in [5, 5.41) is 23.3. The molecular weight excluding hydrogens is 234 g/mol. The molecule has 0 aliphatic heterocycles. The number of aromatic hydroxyl groups is 1. The van der Waals surface area contributed by atoms with Gasteiger partial charge in [0.25, 0.3) is 5.89 Å². The van der Waals surface area contributed by atoms with Gasteiger partial charge >= 0.3 is 0 Å². The number of hydrogen-bond donors (Lipinski definition) is 2. The Hall–Kier alpha value is -2.70. The minimum atomic E-state index is 0.231. The van der Waals surface area contributed by atoms with Crippen molar-refractivity contribution in [2.45, 2.75) is 6.92 Å². The van der Waals surface area contributed by atoms with Crippen LogP contribution in [0.15, 0.2) is 28.9 Å². The first-order valence-electron chi connectivity index (χ1n) is 5.24. The number of phenols is 1. The van der Waals surface area contributed by atoms with Crippen molar-refractivity contribution in [3.05, 3.63) is 30.0 Å². The third-order valence-corrected chi connectivity index (χ3v) is 2.51. The first-order chi connectivity index (χ1) is 8.74. The van der Waals surface area contributed by atoms with Gasteiger partial charge in [-0.3, -0.25) is 0 Å². The summed E-state index contributed by atoms with van der Waals surface area (Å²) in [6.07, 6.45) is 1.51. The van der Waals surface area contributed by atoms with E-state index in [0.717, 1.165) is 11.1 Å². The Morgan fingerprint density at radius 3 is 2.94 bits per heavy atom. The summed E-state index contributed by atoms with van der Waals surface area (Å²) in [4.78, 5) is 4.21.